The number of hydrogen-bond acceptors (Lipinski definition) is 2. The number of anilines is 1. The first-order chi connectivity index (χ1) is 11.7. The number of benzene rings is 3. The molecule has 2 nitrogen and oxygen atoms in total. The molecule has 0 bridgehead atoms. The molecule has 0 saturated heterocycles. The summed E-state index contributed by atoms with van der Waals surface area (Å²) >= 11 is 5.98. The van der Waals surface area contributed by atoms with Gasteiger partial charge in [-0.15, -0.1) is 0 Å². The average Bonchev–Trinajstić information content (AvgIpc) is 2.90. The highest BCUT2D eigenvalue weighted by molar-refractivity contribution is 6.30. The quantitative estimate of drug-likeness (QED) is 0.688. The zero-order valence-electron chi connectivity index (χ0n) is 12.9. The highest BCUT2D eigenvalue weighted by Crippen LogP contribution is 2.44. The maximum absolute atomic E-state index is 13.0. The molecule has 1 aliphatic carbocycles. The lowest BCUT2D eigenvalue weighted by molar-refractivity contribution is 0.0967. The van der Waals surface area contributed by atoms with E-state index >= 15 is 0 Å². The molecule has 0 aliphatic heterocycles. The summed E-state index contributed by atoms with van der Waals surface area (Å²) in [4.78, 5) is 13.0. The molecule has 0 amide bonds. The highest BCUT2D eigenvalue weighted by Gasteiger charge is 2.40. The molecule has 4 rings (SSSR count). The first-order valence-corrected chi connectivity index (χ1v) is 8.32. The van der Waals surface area contributed by atoms with E-state index in [1.54, 1.807) is 0 Å². The Morgan fingerprint density at radius 1 is 0.792 bits per heavy atom. The van der Waals surface area contributed by atoms with Crippen LogP contribution in [0.4, 0.5) is 5.69 Å². The van der Waals surface area contributed by atoms with Crippen LogP contribution in [0, 0.1) is 0 Å². The van der Waals surface area contributed by atoms with E-state index in [1.165, 1.54) is 0 Å². The van der Waals surface area contributed by atoms with Gasteiger partial charge >= 0.3 is 0 Å². The fraction of sp³-hybridized carbons (Fsp3) is 0.0952. The topological polar surface area (TPSA) is 29.1 Å². The molecule has 0 aromatic heterocycles. The first-order valence-electron chi connectivity index (χ1n) is 7.94. The SMILES string of the molecule is O=C1c2ccccc2C(Nc2ccc(Cl)cc2)C1c1ccccc1. The number of rotatable bonds is 3. The Hall–Kier alpha value is -2.58. The number of halogens is 1. The van der Waals surface area contributed by atoms with Gasteiger partial charge in [0.1, 0.15) is 0 Å². The van der Waals surface area contributed by atoms with Crippen molar-refractivity contribution in [3.05, 3.63) is 101 Å². The monoisotopic (exact) mass is 333 g/mol. The van der Waals surface area contributed by atoms with Gasteiger partial charge in [-0.05, 0) is 35.4 Å². The molecule has 0 fully saturated rings. The number of hydrogen-bond donors (Lipinski definition) is 1. The van der Waals surface area contributed by atoms with Crippen LogP contribution >= 0.6 is 11.6 Å². The van der Waals surface area contributed by atoms with E-state index in [0.29, 0.717) is 5.02 Å². The lowest BCUT2D eigenvalue weighted by Crippen LogP contribution is -2.18. The van der Waals surface area contributed by atoms with Gasteiger partial charge in [-0.3, -0.25) is 4.79 Å². The van der Waals surface area contributed by atoms with E-state index in [-0.39, 0.29) is 17.7 Å². The van der Waals surface area contributed by atoms with Crippen molar-refractivity contribution in [2.45, 2.75) is 12.0 Å². The maximum Gasteiger partial charge on any atom is 0.173 e. The molecule has 0 spiro atoms. The minimum Gasteiger partial charge on any atom is -0.377 e. The lowest BCUT2D eigenvalue weighted by atomic mass is 9.91. The predicted octanol–water partition coefficient (Wildman–Crippen LogP) is 5.47. The second-order valence-electron chi connectivity index (χ2n) is 5.97. The van der Waals surface area contributed by atoms with Crippen LogP contribution in [-0.2, 0) is 0 Å². The summed E-state index contributed by atoms with van der Waals surface area (Å²) in [5.41, 5.74) is 3.84. The van der Waals surface area contributed by atoms with Crippen LogP contribution in [0.3, 0.4) is 0 Å². The van der Waals surface area contributed by atoms with Crippen molar-refractivity contribution in [2.75, 3.05) is 5.32 Å². The largest absolute Gasteiger partial charge is 0.377 e. The Bertz CT molecular complexity index is 874. The van der Waals surface area contributed by atoms with E-state index in [4.69, 9.17) is 11.6 Å². The molecule has 3 aromatic carbocycles. The molecule has 2 unspecified atom stereocenters. The standard InChI is InChI=1S/C21H16ClNO/c22-15-10-12-16(13-11-15)23-20-17-8-4-5-9-18(17)21(24)19(20)14-6-2-1-3-7-14/h1-13,19-20,23H. The third kappa shape index (κ3) is 2.59. The molecule has 0 radical (unpaired) electrons. The zero-order chi connectivity index (χ0) is 16.5. The van der Waals surface area contributed by atoms with E-state index in [2.05, 4.69) is 5.32 Å². The van der Waals surface area contributed by atoms with Gasteiger partial charge < -0.3 is 5.32 Å². The van der Waals surface area contributed by atoms with Crippen LogP contribution in [0.5, 0.6) is 0 Å². The molecule has 1 aliphatic rings. The minimum atomic E-state index is -0.223. The van der Waals surface area contributed by atoms with Crippen molar-refractivity contribution in [3.63, 3.8) is 0 Å². The van der Waals surface area contributed by atoms with Crippen molar-refractivity contribution in [2.24, 2.45) is 0 Å². The summed E-state index contributed by atoms with van der Waals surface area (Å²) in [7, 11) is 0. The third-order valence-corrected chi connectivity index (χ3v) is 4.75. The van der Waals surface area contributed by atoms with Crippen LogP contribution in [0.1, 0.15) is 33.4 Å². The summed E-state index contributed by atoms with van der Waals surface area (Å²) in [6.07, 6.45) is 0. The van der Waals surface area contributed by atoms with Gasteiger partial charge in [0, 0.05) is 16.3 Å². The maximum atomic E-state index is 13.0. The van der Waals surface area contributed by atoms with E-state index in [1.807, 2.05) is 78.9 Å². The molecule has 118 valence electrons. The fourth-order valence-electron chi connectivity index (χ4n) is 3.38. The Morgan fingerprint density at radius 2 is 1.46 bits per heavy atom. The molecule has 1 N–H and O–H groups in total. The molecular formula is C21H16ClNO. The first kappa shape index (κ1) is 15.0. The van der Waals surface area contributed by atoms with Crippen LogP contribution in [0.2, 0.25) is 5.02 Å². The van der Waals surface area contributed by atoms with Gasteiger partial charge in [-0.2, -0.15) is 0 Å². The third-order valence-electron chi connectivity index (χ3n) is 4.50. The molecule has 0 saturated carbocycles. The molecule has 0 heterocycles. The number of carbonyl (C=O) groups is 1. The zero-order valence-corrected chi connectivity index (χ0v) is 13.7. The summed E-state index contributed by atoms with van der Waals surface area (Å²) in [6.45, 7) is 0. The van der Waals surface area contributed by atoms with Gasteiger partial charge in [-0.1, -0.05) is 66.2 Å². The lowest BCUT2D eigenvalue weighted by Gasteiger charge is -2.22. The van der Waals surface area contributed by atoms with Gasteiger partial charge in [0.25, 0.3) is 0 Å². The summed E-state index contributed by atoms with van der Waals surface area (Å²) in [5.74, 6) is -0.0532. The minimum absolute atomic E-state index is 0.0859. The van der Waals surface area contributed by atoms with Crippen molar-refractivity contribution in [3.8, 4) is 0 Å². The number of nitrogens with one attached hydrogen (secondary N) is 1. The van der Waals surface area contributed by atoms with Crippen molar-refractivity contribution in [1.82, 2.24) is 0 Å². The van der Waals surface area contributed by atoms with E-state index < -0.39 is 0 Å². The fourth-order valence-corrected chi connectivity index (χ4v) is 3.51. The van der Waals surface area contributed by atoms with Crippen molar-refractivity contribution < 1.29 is 4.79 Å². The Balaban J connectivity index is 1.77. The Kier molecular flexibility index (Phi) is 3.83. The summed E-state index contributed by atoms with van der Waals surface area (Å²) < 4.78 is 0. The number of carbonyl (C=O) groups excluding carboxylic acids is 1. The normalized spacial score (nSPS) is 19.1. The second kappa shape index (κ2) is 6.14. The molecule has 3 heteroatoms. The van der Waals surface area contributed by atoms with Crippen LogP contribution in [-0.4, -0.2) is 5.78 Å². The highest BCUT2D eigenvalue weighted by atomic mass is 35.5. The van der Waals surface area contributed by atoms with Gasteiger partial charge in [0.15, 0.2) is 5.78 Å². The van der Waals surface area contributed by atoms with Crippen LogP contribution < -0.4 is 5.32 Å². The number of ketones is 1. The average molecular weight is 334 g/mol. The van der Waals surface area contributed by atoms with Crippen molar-refractivity contribution in [1.29, 1.82) is 0 Å². The predicted molar refractivity (Wildman–Crippen MR) is 97.8 cm³/mol. The molecule has 2 atom stereocenters. The molecular weight excluding hydrogens is 318 g/mol. The van der Waals surface area contributed by atoms with Gasteiger partial charge in [0.05, 0.1) is 12.0 Å². The molecule has 24 heavy (non-hydrogen) atoms. The van der Waals surface area contributed by atoms with Gasteiger partial charge in [0.2, 0.25) is 0 Å². The number of fused-ring (bicyclic) bond motifs is 1. The smallest absolute Gasteiger partial charge is 0.173 e. The van der Waals surface area contributed by atoms with Crippen LogP contribution in [0.15, 0.2) is 78.9 Å². The van der Waals surface area contributed by atoms with Crippen LogP contribution in [0.25, 0.3) is 0 Å². The van der Waals surface area contributed by atoms with Crippen molar-refractivity contribution >= 4 is 23.1 Å². The van der Waals surface area contributed by atoms with Gasteiger partial charge in [-0.25, -0.2) is 0 Å². The molecule has 3 aromatic rings. The Labute approximate surface area is 146 Å². The summed E-state index contributed by atoms with van der Waals surface area (Å²) in [6, 6.07) is 25.3. The second-order valence-corrected chi connectivity index (χ2v) is 6.41. The van der Waals surface area contributed by atoms with E-state index in [0.717, 1.165) is 22.4 Å². The number of Topliss-reactive ketones (excluding diaryl/α,β-unsaturated/α-hetero) is 1. The van der Waals surface area contributed by atoms with E-state index in [9.17, 15) is 4.79 Å². The summed E-state index contributed by atoms with van der Waals surface area (Å²) in [5, 5.41) is 4.22. The Morgan fingerprint density at radius 3 is 2.21 bits per heavy atom.